The second-order valence-corrected chi connectivity index (χ2v) is 6.47. The SMILES string of the molecule is CCCCOc1cccc(C(=O)Nc2nc3c(F)cc(F)cc3s2)c1. The second-order valence-electron chi connectivity index (χ2n) is 5.44. The first-order chi connectivity index (χ1) is 12.1. The lowest BCUT2D eigenvalue weighted by Crippen LogP contribution is -2.11. The van der Waals surface area contributed by atoms with E-state index < -0.39 is 11.6 Å². The molecular weight excluding hydrogens is 346 g/mol. The molecule has 0 saturated heterocycles. The lowest BCUT2D eigenvalue weighted by atomic mass is 10.2. The number of nitrogens with zero attached hydrogens (tertiary/aromatic N) is 1. The van der Waals surface area contributed by atoms with Crippen LogP contribution >= 0.6 is 11.3 Å². The molecule has 0 bridgehead atoms. The number of carbonyl (C=O) groups excluding carboxylic acids is 1. The minimum absolute atomic E-state index is 0.0401. The van der Waals surface area contributed by atoms with Crippen molar-refractivity contribution in [3.05, 3.63) is 53.6 Å². The fourth-order valence-corrected chi connectivity index (χ4v) is 3.14. The summed E-state index contributed by atoms with van der Waals surface area (Å²) in [6.45, 7) is 2.66. The molecule has 1 aromatic heterocycles. The van der Waals surface area contributed by atoms with Crippen LogP contribution in [0.25, 0.3) is 10.2 Å². The molecule has 0 saturated carbocycles. The summed E-state index contributed by atoms with van der Waals surface area (Å²) in [7, 11) is 0. The molecule has 0 aliphatic rings. The molecule has 0 atom stereocenters. The average molecular weight is 362 g/mol. The third kappa shape index (κ3) is 4.11. The fraction of sp³-hybridized carbons (Fsp3) is 0.222. The number of halogens is 2. The van der Waals surface area contributed by atoms with E-state index in [0.717, 1.165) is 30.2 Å². The Balaban J connectivity index is 1.76. The van der Waals surface area contributed by atoms with Crippen LogP contribution in [0, 0.1) is 11.6 Å². The Hall–Kier alpha value is -2.54. The summed E-state index contributed by atoms with van der Waals surface area (Å²) < 4.78 is 32.9. The number of benzene rings is 2. The largest absolute Gasteiger partial charge is 0.494 e. The number of nitrogens with one attached hydrogen (secondary N) is 1. The molecule has 3 rings (SSSR count). The van der Waals surface area contributed by atoms with Crippen molar-refractivity contribution in [3.63, 3.8) is 0 Å². The van der Waals surface area contributed by atoms with Gasteiger partial charge in [-0.25, -0.2) is 13.8 Å². The monoisotopic (exact) mass is 362 g/mol. The highest BCUT2D eigenvalue weighted by Gasteiger charge is 2.14. The maximum atomic E-state index is 13.7. The molecule has 130 valence electrons. The smallest absolute Gasteiger partial charge is 0.257 e. The lowest BCUT2D eigenvalue weighted by molar-refractivity contribution is 0.102. The minimum Gasteiger partial charge on any atom is -0.494 e. The van der Waals surface area contributed by atoms with Gasteiger partial charge in [-0.3, -0.25) is 10.1 Å². The number of thiazole rings is 1. The van der Waals surface area contributed by atoms with E-state index >= 15 is 0 Å². The maximum absolute atomic E-state index is 13.7. The first-order valence-corrected chi connectivity index (χ1v) is 8.68. The van der Waals surface area contributed by atoms with E-state index in [1.807, 2.05) is 0 Å². The molecule has 1 amide bonds. The van der Waals surface area contributed by atoms with E-state index in [1.165, 1.54) is 6.07 Å². The molecular formula is C18H16F2N2O2S. The number of anilines is 1. The van der Waals surface area contributed by atoms with E-state index in [4.69, 9.17) is 4.74 Å². The zero-order chi connectivity index (χ0) is 17.8. The van der Waals surface area contributed by atoms with Crippen molar-refractivity contribution in [2.75, 3.05) is 11.9 Å². The number of ether oxygens (including phenoxy) is 1. The minimum atomic E-state index is -0.752. The van der Waals surface area contributed by atoms with E-state index in [-0.39, 0.29) is 16.6 Å². The summed E-state index contributed by atoms with van der Waals surface area (Å²) in [5, 5.41) is 2.82. The van der Waals surface area contributed by atoms with Crippen LogP contribution in [0.1, 0.15) is 30.1 Å². The van der Waals surface area contributed by atoms with E-state index in [2.05, 4.69) is 17.2 Å². The van der Waals surface area contributed by atoms with Gasteiger partial charge in [0.05, 0.1) is 11.3 Å². The Kier molecular flexibility index (Phi) is 5.23. The molecule has 2 aromatic carbocycles. The Labute approximate surface area is 147 Å². The van der Waals surface area contributed by atoms with E-state index in [0.29, 0.717) is 22.6 Å². The summed E-state index contributed by atoms with van der Waals surface area (Å²) in [5.41, 5.74) is 0.443. The molecule has 7 heteroatoms. The molecule has 0 aliphatic heterocycles. The molecule has 0 radical (unpaired) electrons. The van der Waals surface area contributed by atoms with Gasteiger partial charge in [0.1, 0.15) is 17.1 Å². The average Bonchev–Trinajstić information content (AvgIpc) is 2.98. The zero-order valence-corrected chi connectivity index (χ0v) is 14.3. The summed E-state index contributed by atoms with van der Waals surface area (Å²) in [6.07, 6.45) is 1.96. The van der Waals surface area contributed by atoms with Gasteiger partial charge >= 0.3 is 0 Å². The lowest BCUT2D eigenvalue weighted by Gasteiger charge is -2.07. The molecule has 0 aliphatic carbocycles. The second kappa shape index (κ2) is 7.57. The van der Waals surface area contributed by atoms with Gasteiger partial charge in [0.25, 0.3) is 5.91 Å². The van der Waals surface area contributed by atoms with Crippen molar-refractivity contribution in [3.8, 4) is 5.75 Å². The number of aromatic nitrogens is 1. The van der Waals surface area contributed by atoms with Crippen molar-refractivity contribution in [1.82, 2.24) is 4.98 Å². The van der Waals surface area contributed by atoms with Crippen molar-refractivity contribution < 1.29 is 18.3 Å². The molecule has 3 aromatic rings. The number of carbonyl (C=O) groups is 1. The Morgan fingerprint density at radius 3 is 2.92 bits per heavy atom. The van der Waals surface area contributed by atoms with Gasteiger partial charge in [0.2, 0.25) is 0 Å². The highest BCUT2D eigenvalue weighted by molar-refractivity contribution is 7.22. The molecule has 1 heterocycles. The summed E-state index contributed by atoms with van der Waals surface area (Å²) in [4.78, 5) is 16.4. The molecule has 0 fully saturated rings. The highest BCUT2D eigenvalue weighted by atomic mass is 32.1. The summed E-state index contributed by atoms with van der Waals surface area (Å²) in [6, 6.07) is 8.75. The molecule has 1 N–H and O–H groups in total. The number of hydrogen-bond donors (Lipinski definition) is 1. The quantitative estimate of drug-likeness (QED) is 0.628. The van der Waals surface area contributed by atoms with Crippen LogP contribution in [0.4, 0.5) is 13.9 Å². The van der Waals surface area contributed by atoms with Crippen molar-refractivity contribution in [1.29, 1.82) is 0 Å². The zero-order valence-electron chi connectivity index (χ0n) is 13.5. The van der Waals surface area contributed by atoms with Gasteiger partial charge in [-0.2, -0.15) is 0 Å². The number of amides is 1. The molecule has 0 spiro atoms. The van der Waals surface area contributed by atoms with E-state index in [1.54, 1.807) is 24.3 Å². The number of rotatable bonds is 6. The van der Waals surface area contributed by atoms with Crippen molar-refractivity contribution in [2.45, 2.75) is 19.8 Å². The topological polar surface area (TPSA) is 51.2 Å². The van der Waals surface area contributed by atoms with Crippen LogP contribution in [0.3, 0.4) is 0 Å². The van der Waals surface area contributed by atoms with Crippen LogP contribution < -0.4 is 10.1 Å². The van der Waals surface area contributed by atoms with Gasteiger partial charge in [-0.1, -0.05) is 30.7 Å². The van der Waals surface area contributed by atoms with Crippen molar-refractivity contribution in [2.24, 2.45) is 0 Å². The first kappa shape index (κ1) is 17.3. The predicted octanol–water partition coefficient (Wildman–Crippen LogP) is 5.01. The van der Waals surface area contributed by atoms with Crippen LogP contribution in [-0.4, -0.2) is 17.5 Å². The van der Waals surface area contributed by atoms with Gasteiger partial charge in [-0.15, -0.1) is 0 Å². The van der Waals surface area contributed by atoms with Gasteiger partial charge in [0.15, 0.2) is 10.9 Å². The number of hydrogen-bond acceptors (Lipinski definition) is 4. The number of unbranched alkanes of at least 4 members (excludes halogenated alkanes) is 1. The predicted molar refractivity (Wildman–Crippen MR) is 94.3 cm³/mol. The van der Waals surface area contributed by atoms with E-state index in [9.17, 15) is 13.6 Å². The van der Waals surface area contributed by atoms with Crippen LogP contribution in [0.2, 0.25) is 0 Å². The van der Waals surface area contributed by atoms with Crippen LogP contribution in [-0.2, 0) is 0 Å². The first-order valence-electron chi connectivity index (χ1n) is 7.86. The Morgan fingerprint density at radius 1 is 1.28 bits per heavy atom. The molecule has 0 unspecified atom stereocenters. The standard InChI is InChI=1S/C18H16F2N2O2S/c1-2-3-7-24-13-6-4-5-11(8-13)17(23)22-18-21-16-14(20)9-12(19)10-15(16)25-18/h4-6,8-10H,2-3,7H2,1H3,(H,21,22,23). The van der Waals surface area contributed by atoms with Gasteiger partial charge in [0, 0.05) is 11.6 Å². The highest BCUT2D eigenvalue weighted by Crippen LogP contribution is 2.29. The van der Waals surface area contributed by atoms with Gasteiger partial charge in [-0.05, 0) is 30.7 Å². The summed E-state index contributed by atoms with van der Waals surface area (Å²) in [5.74, 6) is -1.21. The summed E-state index contributed by atoms with van der Waals surface area (Å²) >= 11 is 1.02. The van der Waals surface area contributed by atoms with Gasteiger partial charge < -0.3 is 4.74 Å². The third-order valence-electron chi connectivity index (χ3n) is 3.50. The maximum Gasteiger partial charge on any atom is 0.257 e. The molecule has 25 heavy (non-hydrogen) atoms. The van der Waals surface area contributed by atoms with Crippen molar-refractivity contribution >= 4 is 32.6 Å². The van der Waals surface area contributed by atoms with Crippen LogP contribution in [0.5, 0.6) is 5.75 Å². The number of fused-ring (bicyclic) bond motifs is 1. The fourth-order valence-electron chi connectivity index (χ4n) is 2.24. The Morgan fingerprint density at radius 2 is 2.12 bits per heavy atom. The van der Waals surface area contributed by atoms with Crippen LogP contribution in [0.15, 0.2) is 36.4 Å². The normalized spacial score (nSPS) is 10.8. The third-order valence-corrected chi connectivity index (χ3v) is 4.41. The molecule has 4 nitrogen and oxygen atoms in total. The Bertz CT molecular complexity index is 911.